The number of amidine groups is 2. The monoisotopic (exact) mass is 499 g/mol. The second-order valence-corrected chi connectivity index (χ2v) is 8.44. The number of hydrogen-bond acceptors (Lipinski definition) is 6. The number of aliphatic imine (C=N–C) groups is 2. The van der Waals surface area contributed by atoms with E-state index in [1.807, 2.05) is 33.8 Å². The zero-order valence-electron chi connectivity index (χ0n) is 19.7. The molecule has 0 unspecified atom stereocenters. The SMILES string of the molecule is Cc1cc([C@H](N=C(N)C(=Nc2ccc(C(F)(F)F)c(C(=O)N(C)C)c2O)NS)C(C)C)oc1C. The van der Waals surface area contributed by atoms with Crippen LogP contribution in [0.1, 0.15) is 52.9 Å². The number of nitrogens with one attached hydrogen (secondary N) is 1. The molecule has 1 aromatic heterocycles. The molecule has 0 aliphatic heterocycles. The number of furan rings is 1. The first kappa shape index (κ1) is 27.1. The molecule has 1 atom stereocenters. The summed E-state index contributed by atoms with van der Waals surface area (Å²) in [6.07, 6.45) is -4.87. The molecule has 34 heavy (non-hydrogen) atoms. The molecule has 0 radical (unpaired) electrons. The molecule has 0 saturated carbocycles. The van der Waals surface area contributed by atoms with Crippen LogP contribution >= 0.6 is 12.8 Å². The van der Waals surface area contributed by atoms with Crippen LogP contribution in [0.15, 0.2) is 32.6 Å². The highest BCUT2D eigenvalue weighted by atomic mass is 32.1. The summed E-state index contributed by atoms with van der Waals surface area (Å²) in [4.78, 5) is 21.9. The van der Waals surface area contributed by atoms with E-state index in [0.29, 0.717) is 11.8 Å². The number of phenolic OH excluding ortho intramolecular Hbond substituents is 1. The van der Waals surface area contributed by atoms with Gasteiger partial charge in [-0.15, -0.1) is 0 Å². The Labute approximate surface area is 201 Å². The number of amides is 1. The molecule has 12 heteroatoms. The molecular formula is C22H28F3N5O3S. The van der Waals surface area contributed by atoms with Gasteiger partial charge in [-0.05, 0) is 43.5 Å². The summed E-state index contributed by atoms with van der Waals surface area (Å²) in [5, 5.41) is 10.6. The fourth-order valence-corrected chi connectivity index (χ4v) is 3.27. The number of rotatable bonds is 5. The van der Waals surface area contributed by atoms with Crippen LogP contribution in [-0.2, 0) is 6.18 Å². The standard InChI is InChI=1S/C22H28F3N5O3S/c1-10(2)17(15-9-11(3)12(4)33-15)28-19(26)20(29-34)27-14-8-7-13(22(23,24)25)16(18(14)31)21(32)30(5)6/h7-10,17,31,34H,1-6H3,(H2,26,28)(H,27,29)/t17-/m1/s1. The Morgan fingerprint density at radius 3 is 2.32 bits per heavy atom. The van der Waals surface area contributed by atoms with Crippen molar-refractivity contribution in [2.24, 2.45) is 21.6 Å². The quantitative estimate of drug-likeness (QED) is 0.274. The first-order valence-electron chi connectivity index (χ1n) is 10.2. The fourth-order valence-electron chi connectivity index (χ4n) is 3.11. The third kappa shape index (κ3) is 5.85. The summed E-state index contributed by atoms with van der Waals surface area (Å²) >= 11 is 3.96. The Kier molecular flexibility index (Phi) is 8.30. The molecule has 1 amide bonds. The smallest absolute Gasteiger partial charge is 0.417 e. The Balaban J connectivity index is 2.61. The van der Waals surface area contributed by atoms with Crippen LogP contribution in [-0.4, -0.2) is 41.7 Å². The Morgan fingerprint density at radius 2 is 1.88 bits per heavy atom. The maximum Gasteiger partial charge on any atom is 0.417 e. The van der Waals surface area contributed by atoms with Gasteiger partial charge in [-0.1, -0.05) is 26.7 Å². The molecule has 8 nitrogen and oxygen atoms in total. The predicted octanol–water partition coefficient (Wildman–Crippen LogP) is 4.54. The summed E-state index contributed by atoms with van der Waals surface area (Å²) in [7, 11) is 2.54. The highest BCUT2D eigenvalue weighted by Crippen LogP contribution is 2.41. The van der Waals surface area contributed by atoms with Crippen molar-refractivity contribution < 1.29 is 27.5 Å². The first-order valence-corrected chi connectivity index (χ1v) is 10.7. The molecule has 0 saturated heterocycles. The number of thiol groups is 1. The molecule has 0 bridgehead atoms. The van der Waals surface area contributed by atoms with Gasteiger partial charge < -0.3 is 24.9 Å². The van der Waals surface area contributed by atoms with Crippen molar-refractivity contribution in [1.29, 1.82) is 0 Å². The molecule has 0 fully saturated rings. The van der Waals surface area contributed by atoms with Gasteiger partial charge in [-0.3, -0.25) is 9.79 Å². The van der Waals surface area contributed by atoms with Crippen molar-refractivity contribution in [2.75, 3.05) is 14.1 Å². The van der Waals surface area contributed by atoms with E-state index in [4.69, 9.17) is 10.2 Å². The van der Waals surface area contributed by atoms with Crippen LogP contribution in [0.4, 0.5) is 18.9 Å². The average molecular weight is 500 g/mol. The minimum Gasteiger partial charge on any atom is -0.505 e. The van der Waals surface area contributed by atoms with Crippen molar-refractivity contribution >= 4 is 36.1 Å². The highest BCUT2D eigenvalue weighted by Gasteiger charge is 2.38. The number of alkyl halides is 3. The number of carbonyl (C=O) groups is 1. The number of phenols is 1. The van der Waals surface area contributed by atoms with Gasteiger partial charge in [0.25, 0.3) is 5.91 Å². The Morgan fingerprint density at radius 1 is 1.26 bits per heavy atom. The largest absolute Gasteiger partial charge is 0.505 e. The Bertz CT molecular complexity index is 1100. The second kappa shape index (κ2) is 10.4. The lowest BCUT2D eigenvalue weighted by Crippen LogP contribution is -2.32. The van der Waals surface area contributed by atoms with Crippen LogP contribution in [0.5, 0.6) is 5.75 Å². The van der Waals surface area contributed by atoms with Crippen LogP contribution in [0.3, 0.4) is 0 Å². The van der Waals surface area contributed by atoms with Gasteiger partial charge in [0.05, 0.1) is 11.1 Å². The van der Waals surface area contributed by atoms with Crippen LogP contribution in [0.2, 0.25) is 0 Å². The number of nitrogens with two attached hydrogens (primary N) is 1. The van der Waals surface area contributed by atoms with E-state index in [1.54, 1.807) is 0 Å². The number of benzene rings is 1. The maximum atomic E-state index is 13.5. The number of aryl methyl sites for hydroxylation is 2. The van der Waals surface area contributed by atoms with E-state index in [1.165, 1.54) is 14.1 Å². The van der Waals surface area contributed by atoms with E-state index in [0.717, 1.165) is 22.3 Å². The zero-order valence-corrected chi connectivity index (χ0v) is 20.5. The van der Waals surface area contributed by atoms with Crippen LogP contribution < -0.4 is 10.5 Å². The van der Waals surface area contributed by atoms with Gasteiger partial charge in [-0.2, -0.15) is 13.2 Å². The van der Waals surface area contributed by atoms with E-state index in [2.05, 4.69) is 27.5 Å². The lowest BCUT2D eigenvalue weighted by Gasteiger charge is -2.18. The first-order chi connectivity index (χ1) is 15.7. The van der Waals surface area contributed by atoms with Gasteiger partial charge in [0.1, 0.15) is 23.2 Å². The van der Waals surface area contributed by atoms with Crippen LogP contribution in [0, 0.1) is 19.8 Å². The zero-order chi connectivity index (χ0) is 26.0. The third-order valence-corrected chi connectivity index (χ3v) is 5.26. The molecular weight excluding hydrogens is 471 g/mol. The topological polar surface area (TPSA) is 116 Å². The van der Waals surface area contributed by atoms with E-state index in [-0.39, 0.29) is 23.3 Å². The minimum absolute atomic E-state index is 0.0199. The molecule has 4 N–H and O–H groups in total. The lowest BCUT2D eigenvalue weighted by molar-refractivity contribution is -0.138. The lowest BCUT2D eigenvalue weighted by atomic mass is 10.0. The van der Waals surface area contributed by atoms with Crippen molar-refractivity contribution in [3.8, 4) is 5.75 Å². The van der Waals surface area contributed by atoms with E-state index in [9.17, 15) is 23.1 Å². The Hall–Kier alpha value is -3.15. The number of carbonyl (C=O) groups excluding carboxylic acids is 1. The van der Waals surface area contributed by atoms with Gasteiger partial charge in [0.15, 0.2) is 17.4 Å². The van der Waals surface area contributed by atoms with E-state index < -0.39 is 35.0 Å². The molecule has 186 valence electrons. The molecule has 0 aliphatic carbocycles. The van der Waals surface area contributed by atoms with Crippen molar-refractivity contribution in [3.63, 3.8) is 0 Å². The van der Waals surface area contributed by atoms with Gasteiger partial charge in [-0.25, -0.2) is 4.99 Å². The summed E-state index contributed by atoms with van der Waals surface area (Å²) in [6.45, 7) is 7.56. The minimum atomic E-state index is -4.87. The molecule has 1 heterocycles. The average Bonchev–Trinajstić information content (AvgIpc) is 3.06. The molecule has 0 aliphatic rings. The maximum absolute atomic E-state index is 13.5. The summed E-state index contributed by atoms with van der Waals surface area (Å²) < 4.78 is 48.6. The summed E-state index contributed by atoms with van der Waals surface area (Å²) in [5.74, 6) is -0.931. The van der Waals surface area contributed by atoms with Gasteiger partial charge in [0, 0.05) is 14.1 Å². The van der Waals surface area contributed by atoms with E-state index >= 15 is 0 Å². The number of nitrogens with zero attached hydrogens (tertiary/aromatic N) is 3. The van der Waals surface area contributed by atoms with Gasteiger partial charge >= 0.3 is 6.18 Å². The molecule has 2 aromatic rings. The molecule has 0 spiro atoms. The predicted molar refractivity (Wildman–Crippen MR) is 128 cm³/mol. The second-order valence-electron chi connectivity index (χ2n) is 8.22. The molecule has 2 rings (SSSR count). The normalized spacial score (nSPS) is 13.9. The fraction of sp³-hybridized carbons (Fsp3) is 0.409. The van der Waals surface area contributed by atoms with Crippen molar-refractivity contribution in [1.82, 2.24) is 9.62 Å². The highest BCUT2D eigenvalue weighted by molar-refractivity contribution is 7.78. The number of aromatic hydroxyl groups is 1. The van der Waals surface area contributed by atoms with Crippen molar-refractivity contribution in [2.45, 2.75) is 39.9 Å². The number of hydrogen-bond donors (Lipinski definition) is 4. The summed E-state index contributed by atoms with van der Waals surface area (Å²) in [6, 6.07) is 2.97. The molecule has 1 aromatic carbocycles. The van der Waals surface area contributed by atoms with Gasteiger partial charge in [0.2, 0.25) is 0 Å². The van der Waals surface area contributed by atoms with Crippen molar-refractivity contribution in [3.05, 3.63) is 46.4 Å². The summed E-state index contributed by atoms with van der Waals surface area (Å²) in [5.41, 5.74) is 4.54. The third-order valence-electron chi connectivity index (χ3n) is 5.05. The van der Waals surface area contributed by atoms with Crippen LogP contribution in [0.25, 0.3) is 0 Å². The number of halogens is 3.